The second-order valence-electron chi connectivity index (χ2n) is 5.49. The van der Waals surface area contributed by atoms with Crippen LogP contribution in [-0.2, 0) is 14.8 Å². The molecule has 24 heavy (non-hydrogen) atoms. The van der Waals surface area contributed by atoms with Crippen LogP contribution in [0.5, 0.6) is 5.75 Å². The Hall–Kier alpha value is -1.64. The largest absolute Gasteiger partial charge is 0.496 e. The molecule has 0 atom stereocenters. The van der Waals surface area contributed by atoms with Gasteiger partial charge < -0.3 is 14.8 Å². The molecule has 134 valence electrons. The summed E-state index contributed by atoms with van der Waals surface area (Å²) in [5.74, 6) is 0.0178. The third kappa shape index (κ3) is 4.25. The first-order valence-corrected chi connectivity index (χ1v) is 9.49. The van der Waals surface area contributed by atoms with Crippen LogP contribution in [-0.4, -0.2) is 58.6 Å². The van der Waals surface area contributed by atoms with Crippen LogP contribution in [0.4, 0.5) is 0 Å². The van der Waals surface area contributed by atoms with Gasteiger partial charge in [0.05, 0.1) is 30.8 Å². The quantitative estimate of drug-likeness (QED) is 0.743. The number of amides is 1. The van der Waals surface area contributed by atoms with E-state index in [2.05, 4.69) is 5.32 Å². The third-order valence-corrected chi connectivity index (χ3v) is 5.73. The van der Waals surface area contributed by atoms with E-state index in [-0.39, 0.29) is 16.4 Å². The maximum absolute atomic E-state index is 12.7. The van der Waals surface area contributed by atoms with E-state index in [0.29, 0.717) is 38.6 Å². The third-order valence-electron chi connectivity index (χ3n) is 3.84. The van der Waals surface area contributed by atoms with Gasteiger partial charge in [0.15, 0.2) is 0 Å². The molecule has 1 aliphatic heterocycles. The monoisotopic (exact) mass is 356 g/mol. The molecule has 1 aliphatic rings. The molecule has 1 N–H and O–H groups in total. The highest BCUT2D eigenvalue weighted by Crippen LogP contribution is 2.25. The number of sulfonamides is 1. The summed E-state index contributed by atoms with van der Waals surface area (Å²) in [5.41, 5.74) is 0.225. The molecule has 0 aromatic heterocycles. The van der Waals surface area contributed by atoms with Crippen molar-refractivity contribution in [3.63, 3.8) is 0 Å². The molecule has 0 aliphatic carbocycles. The van der Waals surface area contributed by atoms with Crippen LogP contribution in [0.15, 0.2) is 23.1 Å². The van der Waals surface area contributed by atoms with Gasteiger partial charge in [-0.15, -0.1) is 0 Å². The van der Waals surface area contributed by atoms with Gasteiger partial charge in [-0.3, -0.25) is 4.79 Å². The molecule has 0 radical (unpaired) electrons. The van der Waals surface area contributed by atoms with Crippen molar-refractivity contribution in [1.29, 1.82) is 0 Å². The molecule has 1 fully saturated rings. The SMILES string of the molecule is CCCCNC(=O)c1cc(S(=O)(=O)N2CCOCC2)ccc1OC. The first kappa shape index (κ1) is 18.7. The Morgan fingerprint density at radius 3 is 2.67 bits per heavy atom. The maximum atomic E-state index is 12.7. The van der Waals surface area contributed by atoms with E-state index in [9.17, 15) is 13.2 Å². The van der Waals surface area contributed by atoms with Gasteiger partial charge in [0.1, 0.15) is 5.75 Å². The van der Waals surface area contributed by atoms with Gasteiger partial charge in [-0.1, -0.05) is 13.3 Å². The minimum atomic E-state index is -3.65. The molecule has 0 unspecified atom stereocenters. The van der Waals surface area contributed by atoms with Crippen LogP contribution in [0.1, 0.15) is 30.1 Å². The number of hydrogen-bond acceptors (Lipinski definition) is 5. The van der Waals surface area contributed by atoms with Crippen LogP contribution in [0.2, 0.25) is 0 Å². The average molecular weight is 356 g/mol. The van der Waals surface area contributed by atoms with E-state index >= 15 is 0 Å². The number of unbranched alkanes of at least 4 members (excludes halogenated alkanes) is 1. The summed E-state index contributed by atoms with van der Waals surface area (Å²) in [6, 6.07) is 4.36. The second-order valence-corrected chi connectivity index (χ2v) is 7.43. The smallest absolute Gasteiger partial charge is 0.255 e. The predicted octanol–water partition coefficient (Wildman–Crippen LogP) is 1.25. The van der Waals surface area contributed by atoms with E-state index < -0.39 is 10.0 Å². The normalized spacial score (nSPS) is 15.9. The van der Waals surface area contributed by atoms with Gasteiger partial charge in [0, 0.05) is 19.6 Å². The highest BCUT2D eigenvalue weighted by atomic mass is 32.2. The molecule has 1 aromatic carbocycles. The minimum Gasteiger partial charge on any atom is -0.496 e. The first-order chi connectivity index (χ1) is 11.5. The molecule has 1 amide bonds. The Balaban J connectivity index is 2.28. The van der Waals surface area contributed by atoms with Crippen LogP contribution in [0, 0.1) is 0 Å². The second kappa shape index (κ2) is 8.46. The molecule has 1 heterocycles. The van der Waals surface area contributed by atoms with E-state index in [1.807, 2.05) is 6.92 Å². The zero-order valence-electron chi connectivity index (χ0n) is 14.1. The molecule has 0 bridgehead atoms. The first-order valence-electron chi connectivity index (χ1n) is 8.05. The fraction of sp³-hybridized carbons (Fsp3) is 0.562. The number of hydrogen-bond donors (Lipinski definition) is 1. The van der Waals surface area contributed by atoms with Crippen LogP contribution >= 0.6 is 0 Å². The van der Waals surface area contributed by atoms with Crippen LogP contribution in [0.25, 0.3) is 0 Å². The van der Waals surface area contributed by atoms with E-state index in [4.69, 9.17) is 9.47 Å². The maximum Gasteiger partial charge on any atom is 0.255 e. The van der Waals surface area contributed by atoms with Gasteiger partial charge in [-0.2, -0.15) is 4.31 Å². The van der Waals surface area contributed by atoms with E-state index in [0.717, 1.165) is 12.8 Å². The number of carbonyl (C=O) groups is 1. The Bertz CT molecular complexity index is 669. The standard InChI is InChI=1S/C16H24N2O5S/c1-3-4-7-17-16(19)14-12-13(5-6-15(14)22-2)24(20,21)18-8-10-23-11-9-18/h5-6,12H,3-4,7-11H2,1-2H3,(H,17,19). The fourth-order valence-corrected chi connectivity index (χ4v) is 3.87. The van der Waals surface area contributed by atoms with Gasteiger partial charge >= 0.3 is 0 Å². The van der Waals surface area contributed by atoms with Gasteiger partial charge in [0.25, 0.3) is 5.91 Å². The van der Waals surface area contributed by atoms with Crippen molar-refractivity contribution < 1.29 is 22.7 Å². The molecule has 1 saturated heterocycles. The van der Waals surface area contributed by atoms with E-state index in [1.165, 1.54) is 29.6 Å². The molecule has 8 heteroatoms. The summed E-state index contributed by atoms with van der Waals surface area (Å²) in [6.07, 6.45) is 1.82. The Labute approximate surface area is 143 Å². The molecule has 0 spiro atoms. The Morgan fingerprint density at radius 1 is 1.33 bits per heavy atom. The number of benzene rings is 1. The average Bonchev–Trinajstić information content (AvgIpc) is 2.62. The molecule has 1 aromatic rings. The lowest BCUT2D eigenvalue weighted by Crippen LogP contribution is -2.40. The summed E-state index contributed by atoms with van der Waals surface area (Å²) in [6.45, 7) is 3.94. The molecule has 0 saturated carbocycles. The topological polar surface area (TPSA) is 84.9 Å². The van der Waals surface area contributed by atoms with Crippen molar-refractivity contribution in [2.45, 2.75) is 24.7 Å². The van der Waals surface area contributed by atoms with Crippen molar-refractivity contribution in [3.05, 3.63) is 23.8 Å². The number of ether oxygens (including phenoxy) is 2. The Kier molecular flexibility index (Phi) is 6.59. The number of nitrogens with one attached hydrogen (secondary N) is 1. The molecular formula is C16H24N2O5S. The van der Waals surface area contributed by atoms with E-state index in [1.54, 1.807) is 0 Å². The highest BCUT2D eigenvalue weighted by molar-refractivity contribution is 7.89. The van der Waals surface area contributed by atoms with Gasteiger partial charge in [0.2, 0.25) is 10.0 Å². The predicted molar refractivity (Wildman–Crippen MR) is 89.8 cm³/mol. The van der Waals surface area contributed by atoms with Crippen molar-refractivity contribution in [2.24, 2.45) is 0 Å². The molecule has 7 nitrogen and oxygen atoms in total. The zero-order valence-corrected chi connectivity index (χ0v) is 14.9. The molecule has 2 rings (SSSR count). The lowest BCUT2D eigenvalue weighted by molar-refractivity contribution is 0.0730. The van der Waals surface area contributed by atoms with Crippen LogP contribution in [0.3, 0.4) is 0 Å². The van der Waals surface area contributed by atoms with Gasteiger partial charge in [-0.25, -0.2) is 8.42 Å². The summed E-state index contributed by atoms with van der Waals surface area (Å²) in [4.78, 5) is 12.4. The van der Waals surface area contributed by atoms with Crippen molar-refractivity contribution >= 4 is 15.9 Å². The number of rotatable bonds is 7. The van der Waals surface area contributed by atoms with Crippen molar-refractivity contribution in [2.75, 3.05) is 40.0 Å². The van der Waals surface area contributed by atoms with Crippen molar-refractivity contribution in [1.82, 2.24) is 9.62 Å². The zero-order chi connectivity index (χ0) is 17.6. The number of nitrogens with zero attached hydrogens (tertiary/aromatic N) is 1. The minimum absolute atomic E-state index is 0.0887. The summed E-state index contributed by atoms with van der Waals surface area (Å²) in [5, 5.41) is 2.79. The molecular weight excluding hydrogens is 332 g/mol. The number of morpholine rings is 1. The van der Waals surface area contributed by atoms with Crippen molar-refractivity contribution in [3.8, 4) is 5.75 Å². The highest BCUT2D eigenvalue weighted by Gasteiger charge is 2.27. The van der Waals surface area contributed by atoms with Crippen LogP contribution < -0.4 is 10.1 Å². The summed E-state index contributed by atoms with van der Waals surface area (Å²) >= 11 is 0. The lowest BCUT2D eigenvalue weighted by Gasteiger charge is -2.26. The van der Waals surface area contributed by atoms with Gasteiger partial charge in [-0.05, 0) is 24.6 Å². The fourth-order valence-electron chi connectivity index (χ4n) is 2.43. The Morgan fingerprint density at radius 2 is 2.04 bits per heavy atom. The number of methoxy groups -OCH3 is 1. The number of carbonyl (C=O) groups excluding carboxylic acids is 1. The summed E-state index contributed by atoms with van der Waals surface area (Å²) in [7, 11) is -2.20. The lowest BCUT2D eigenvalue weighted by atomic mass is 10.2. The summed E-state index contributed by atoms with van der Waals surface area (Å²) < 4.78 is 37.2.